The summed E-state index contributed by atoms with van der Waals surface area (Å²) in [6.45, 7) is 0. The molecule has 2 N–H and O–H groups in total. The lowest BCUT2D eigenvalue weighted by molar-refractivity contribution is 0.103. The van der Waals surface area contributed by atoms with Gasteiger partial charge in [-0.25, -0.2) is 4.98 Å². The zero-order valence-electron chi connectivity index (χ0n) is 13.6. The molecule has 2 heterocycles. The molecule has 1 amide bonds. The second kappa shape index (κ2) is 6.77. The van der Waals surface area contributed by atoms with Crippen LogP contribution in [0.5, 0.6) is 17.2 Å². The van der Waals surface area contributed by atoms with Crippen molar-refractivity contribution >= 4 is 34.2 Å². The molecule has 0 aliphatic rings. The standard InChI is InChI=1S/C15H14N4O5S/c1-22-8-4-7(5-9(23-2)12(8)24-3)18-15(21)13-10-11(19-25-13)14(20)17-6-16-10/h4-6H,1-3H3,(H,18,21)(H,16,17,20). The van der Waals surface area contributed by atoms with E-state index >= 15 is 0 Å². The Morgan fingerprint density at radius 3 is 2.40 bits per heavy atom. The molecule has 0 saturated heterocycles. The summed E-state index contributed by atoms with van der Waals surface area (Å²) in [5, 5.41) is 2.72. The molecular formula is C15H14N4O5S. The van der Waals surface area contributed by atoms with E-state index in [1.807, 2.05) is 0 Å². The van der Waals surface area contributed by atoms with Gasteiger partial charge in [0, 0.05) is 17.8 Å². The lowest BCUT2D eigenvalue weighted by Crippen LogP contribution is -2.12. The summed E-state index contributed by atoms with van der Waals surface area (Å²) >= 11 is 0.900. The van der Waals surface area contributed by atoms with E-state index in [1.165, 1.54) is 27.7 Å². The average molecular weight is 362 g/mol. The first kappa shape index (κ1) is 16.7. The largest absolute Gasteiger partial charge is 0.493 e. The van der Waals surface area contributed by atoms with Gasteiger partial charge < -0.3 is 24.5 Å². The fourth-order valence-electron chi connectivity index (χ4n) is 2.27. The quantitative estimate of drug-likeness (QED) is 0.709. The molecule has 0 fully saturated rings. The Morgan fingerprint density at radius 2 is 1.80 bits per heavy atom. The number of hydrogen-bond donors (Lipinski definition) is 2. The van der Waals surface area contributed by atoms with Crippen LogP contribution < -0.4 is 25.1 Å². The summed E-state index contributed by atoms with van der Waals surface area (Å²) in [5.41, 5.74) is 0.417. The fraction of sp³-hybridized carbons (Fsp3) is 0.200. The highest BCUT2D eigenvalue weighted by Crippen LogP contribution is 2.40. The number of benzene rings is 1. The summed E-state index contributed by atoms with van der Waals surface area (Å²) in [5.74, 6) is 0.779. The molecule has 0 saturated carbocycles. The van der Waals surface area contributed by atoms with E-state index in [9.17, 15) is 9.59 Å². The van der Waals surface area contributed by atoms with Crippen LogP contribution in [0.2, 0.25) is 0 Å². The van der Waals surface area contributed by atoms with Gasteiger partial charge in [0.15, 0.2) is 17.0 Å². The molecule has 1 aromatic carbocycles. The topological polar surface area (TPSA) is 115 Å². The Bertz CT molecular complexity index is 972. The van der Waals surface area contributed by atoms with E-state index in [-0.39, 0.29) is 15.9 Å². The molecule has 0 bridgehead atoms. The second-order valence-corrected chi connectivity index (χ2v) is 5.58. The zero-order valence-corrected chi connectivity index (χ0v) is 14.4. The third-order valence-corrected chi connectivity index (χ3v) is 4.24. The summed E-state index contributed by atoms with van der Waals surface area (Å²) in [4.78, 5) is 30.9. The molecule has 0 unspecified atom stereocenters. The van der Waals surface area contributed by atoms with Crippen molar-refractivity contribution in [3.8, 4) is 17.2 Å². The maximum absolute atomic E-state index is 12.5. The van der Waals surface area contributed by atoms with Crippen LogP contribution >= 0.6 is 11.5 Å². The van der Waals surface area contributed by atoms with E-state index in [2.05, 4.69) is 19.7 Å². The first-order valence-electron chi connectivity index (χ1n) is 7.03. The zero-order chi connectivity index (χ0) is 18.0. The van der Waals surface area contributed by atoms with Crippen LogP contribution in [0.3, 0.4) is 0 Å². The van der Waals surface area contributed by atoms with Gasteiger partial charge in [0.2, 0.25) is 5.75 Å². The molecule has 2 aromatic heterocycles. The van der Waals surface area contributed by atoms with Crippen molar-refractivity contribution in [2.24, 2.45) is 0 Å². The monoisotopic (exact) mass is 362 g/mol. The number of nitrogens with one attached hydrogen (secondary N) is 2. The van der Waals surface area contributed by atoms with Gasteiger partial charge in [-0.1, -0.05) is 0 Å². The van der Waals surface area contributed by atoms with Crippen LogP contribution in [0.25, 0.3) is 11.0 Å². The van der Waals surface area contributed by atoms with Crippen molar-refractivity contribution in [2.45, 2.75) is 0 Å². The molecule has 0 aliphatic heterocycles. The Kier molecular flexibility index (Phi) is 4.52. The summed E-state index contributed by atoms with van der Waals surface area (Å²) < 4.78 is 19.7. The number of ether oxygens (including phenoxy) is 3. The first-order valence-corrected chi connectivity index (χ1v) is 7.80. The molecule has 0 radical (unpaired) electrons. The van der Waals surface area contributed by atoms with Gasteiger partial charge in [0.1, 0.15) is 10.4 Å². The van der Waals surface area contributed by atoms with Crippen LogP contribution in [0.4, 0.5) is 5.69 Å². The molecule has 130 valence electrons. The van der Waals surface area contributed by atoms with E-state index in [4.69, 9.17) is 14.2 Å². The second-order valence-electron chi connectivity index (χ2n) is 4.81. The van der Waals surface area contributed by atoms with Gasteiger partial charge in [-0.3, -0.25) is 9.59 Å². The number of carbonyl (C=O) groups is 1. The van der Waals surface area contributed by atoms with E-state index in [1.54, 1.807) is 12.1 Å². The maximum Gasteiger partial charge on any atom is 0.278 e. The van der Waals surface area contributed by atoms with Crippen molar-refractivity contribution < 1.29 is 19.0 Å². The Hall–Kier alpha value is -3.14. The number of fused-ring (bicyclic) bond motifs is 1. The lowest BCUT2D eigenvalue weighted by Gasteiger charge is -2.14. The number of anilines is 1. The Balaban J connectivity index is 1.97. The van der Waals surface area contributed by atoms with Gasteiger partial charge in [0.05, 0.1) is 27.7 Å². The van der Waals surface area contributed by atoms with Crippen LogP contribution in [-0.4, -0.2) is 41.6 Å². The number of aromatic nitrogens is 3. The third-order valence-electron chi connectivity index (χ3n) is 3.40. The van der Waals surface area contributed by atoms with E-state index < -0.39 is 11.5 Å². The van der Waals surface area contributed by atoms with Crippen molar-refractivity contribution in [1.82, 2.24) is 14.3 Å². The minimum atomic E-state index is -0.445. The molecule has 0 aliphatic carbocycles. The third kappa shape index (κ3) is 2.98. The van der Waals surface area contributed by atoms with Crippen molar-refractivity contribution in [1.29, 1.82) is 0 Å². The number of nitrogens with zero attached hydrogens (tertiary/aromatic N) is 2. The number of carbonyl (C=O) groups excluding carboxylic acids is 1. The van der Waals surface area contributed by atoms with Crippen LogP contribution in [0.15, 0.2) is 23.3 Å². The number of H-pyrrole nitrogens is 1. The van der Waals surface area contributed by atoms with E-state index in [0.29, 0.717) is 22.9 Å². The number of amides is 1. The Labute approximate surface area is 145 Å². The number of aromatic amines is 1. The lowest BCUT2D eigenvalue weighted by atomic mass is 10.2. The minimum Gasteiger partial charge on any atom is -0.493 e. The molecular weight excluding hydrogens is 348 g/mol. The molecule has 3 rings (SSSR count). The van der Waals surface area contributed by atoms with Gasteiger partial charge in [-0.15, -0.1) is 0 Å². The highest BCUT2D eigenvalue weighted by molar-refractivity contribution is 7.09. The summed E-state index contributed by atoms with van der Waals surface area (Å²) in [7, 11) is 4.46. The molecule has 25 heavy (non-hydrogen) atoms. The maximum atomic E-state index is 12.5. The molecule has 9 nitrogen and oxygen atoms in total. The van der Waals surface area contributed by atoms with Crippen molar-refractivity contribution in [2.75, 3.05) is 26.6 Å². The SMILES string of the molecule is COc1cc(NC(=O)c2snc3c(=O)[nH]cnc23)cc(OC)c1OC. The van der Waals surface area contributed by atoms with Gasteiger partial charge >= 0.3 is 0 Å². The summed E-state index contributed by atoms with van der Waals surface area (Å²) in [6, 6.07) is 3.20. The molecule has 0 spiro atoms. The van der Waals surface area contributed by atoms with Gasteiger partial charge in [-0.2, -0.15) is 4.37 Å². The van der Waals surface area contributed by atoms with Crippen molar-refractivity contribution in [3.63, 3.8) is 0 Å². The van der Waals surface area contributed by atoms with Crippen LogP contribution in [-0.2, 0) is 0 Å². The predicted octanol–water partition coefficient (Wildman–Crippen LogP) is 1.66. The highest BCUT2D eigenvalue weighted by Gasteiger charge is 2.19. The first-order chi connectivity index (χ1) is 12.1. The Morgan fingerprint density at radius 1 is 1.12 bits per heavy atom. The number of rotatable bonds is 5. The van der Waals surface area contributed by atoms with Crippen LogP contribution in [0, 0.1) is 0 Å². The minimum absolute atomic E-state index is 0.127. The number of methoxy groups -OCH3 is 3. The average Bonchev–Trinajstić information content (AvgIpc) is 3.06. The number of hydrogen-bond acceptors (Lipinski definition) is 8. The smallest absolute Gasteiger partial charge is 0.278 e. The van der Waals surface area contributed by atoms with Crippen LogP contribution in [0.1, 0.15) is 9.67 Å². The molecule has 3 aromatic rings. The normalized spacial score (nSPS) is 10.5. The fourth-order valence-corrected chi connectivity index (χ4v) is 2.99. The molecule has 10 heteroatoms. The molecule has 0 atom stereocenters. The summed E-state index contributed by atoms with van der Waals surface area (Å²) in [6.07, 6.45) is 1.23. The highest BCUT2D eigenvalue weighted by atomic mass is 32.1. The van der Waals surface area contributed by atoms with Gasteiger partial charge in [0.25, 0.3) is 11.5 Å². The predicted molar refractivity (Wildman–Crippen MR) is 92.1 cm³/mol. The van der Waals surface area contributed by atoms with E-state index in [0.717, 1.165) is 11.5 Å². The van der Waals surface area contributed by atoms with Gasteiger partial charge in [-0.05, 0) is 11.5 Å². The van der Waals surface area contributed by atoms with Crippen molar-refractivity contribution in [3.05, 3.63) is 33.7 Å².